The van der Waals surface area contributed by atoms with Crippen molar-refractivity contribution in [3.63, 3.8) is 0 Å². The molecule has 0 amide bonds. The van der Waals surface area contributed by atoms with E-state index in [1.165, 1.54) is 12.8 Å². The third-order valence-corrected chi connectivity index (χ3v) is 3.72. The van der Waals surface area contributed by atoms with Crippen LogP contribution < -0.4 is 15.4 Å². The van der Waals surface area contributed by atoms with E-state index in [4.69, 9.17) is 10.5 Å². The average molecular weight is 248 g/mol. The van der Waals surface area contributed by atoms with Crippen molar-refractivity contribution in [3.8, 4) is 5.75 Å². The molecular weight excluding hydrogens is 224 g/mol. The van der Waals surface area contributed by atoms with Gasteiger partial charge in [-0.2, -0.15) is 0 Å². The fraction of sp³-hybridized carbons (Fsp3) is 0.600. The van der Waals surface area contributed by atoms with Crippen molar-refractivity contribution >= 4 is 11.4 Å². The highest BCUT2D eigenvalue weighted by Gasteiger charge is 2.28. The van der Waals surface area contributed by atoms with Gasteiger partial charge in [0.2, 0.25) is 0 Å². The monoisotopic (exact) mass is 248 g/mol. The maximum Gasteiger partial charge on any atom is 0.144 e. The zero-order valence-electron chi connectivity index (χ0n) is 11.6. The van der Waals surface area contributed by atoms with Crippen molar-refractivity contribution in [1.29, 1.82) is 0 Å². The van der Waals surface area contributed by atoms with Gasteiger partial charge in [0.25, 0.3) is 0 Å². The Kier molecular flexibility index (Phi) is 4.00. The first-order valence-corrected chi connectivity index (χ1v) is 6.93. The largest absolute Gasteiger partial charge is 0.492 e. The van der Waals surface area contributed by atoms with Gasteiger partial charge in [0.15, 0.2) is 0 Å². The fourth-order valence-corrected chi connectivity index (χ4v) is 2.85. The first-order valence-electron chi connectivity index (χ1n) is 6.93. The molecule has 100 valence electrons. The van der Waals surface area contributed by atoms with Crippen LogP contribution in [-0.2, 0) is 0 Å². The van der Waals surface area contributed by atoms with Gasteiger partial charge in [-0.15, -0.1) is 0 Å². The Balaban J connectivity index is 2.30. The summed E-state index contributed by atoms with van der Waals surface area (Å²) in [5, 5.41) is 0. The highest BCUT2D eigenvalue weighted by molar-refractivity contribution is 5.74. The lowest BCUT2D eigenvalue weighted by molar-refractivity contribution is 0.342. The standard InChI is InChI=1S/C15H24N2O/c1-4-18-14-9-5-7-13(15(14)16)17-10-6-8-12(17)11(2)3/h5,7,9,11-12H,4,6,8,10,16H2,1-3H3. The van der Waals surface area contributed by atoms with Gasteiger partial charge in [-0.1, -0.05) is 19.9 Å². The molecule has 1 saturated heterocycles. The van der Waals surface area contributed by atoms with E-state index in [1.54, 1.807) is 0 Å². The first kappa shape index (κ1) is 13.1. The van der Waals surface area contributed by atoms with Gasteiger partial charge in [0.05, 0.1) is 18.0 Å². The molecule has 0 aromatic heterocycles. The van der Waals surface area contributed by atoms with E-state index in [9.17, 15) is 0 Å². The Bertz CT molecular complexity index is 403. The lowest BCUT2D eigenvalue weighted by Crippen LogP contribution is -2.33. The topological polar surface area (TPSA) is 38.5 Å². The quantitative estimate of drug-likeness (QED) is 0.831. The van der Waals surface area contributed by atoms with Crippen molar-refractivity contribution < 1.29 is 4.74 Å². The number of rotatable bonds is 4. The van der Waals surface area contributed by atoms with Crippen LogP contribution in [0.25, 0.3) is 0 Å². The van der Waals surface area contributed by atoms with Crippen molar-refractivity contribution in [2.75, 3.05) is 23.8 Å². The summed E-state index contributed by atoms with van der Waals surface area (Å²) in [4.78, 5) is 2.45. The second-order valence-corrected chi connectivity index (χ2v) is 5.27. The van der Waals surface area contributed by atoms with Crippen molar-refractivity contribution in [3.05, 3.63) is 18.2 Å². The van der Waals surface area contributed by atoms with Crippen molar-refractivity contribution in [2.24, 2.45) is 5.92 Å². The summed E-state index contributed by atoms with van der Waals surface area (Å²) in [6, 6.07) is 6.69. The molecule has 1 aliphatic heterocycles. The van der Waals surface area contributed by atoms with Gasteiger partial charge in [-0.3, -0.25) is 0 Å². The van der Waals surface area contributed by atoms with Gasteiger partial charge in [0.1, 0.15) is 5.75 Å². The van der Waals surface area contributed by atoms with E-state index in [0.29, 0.717) is 18.6 Å². The van der Waals surface area contributed by atoms with Crippen LogP contribution in [0.3, 0.4) is 0 Å². The van der Waals surface area contributed by atoms with E-state index in [-0.39, 0.29) is 0 Å². The second-order valence-electron chi connectivity index (χ2n) is 5.27. The Morgan fingerprint density at radius 1 is 1.44 bits per heavy atom. The minimum Gasteiger partial charge on any atom is -0.492 e. The number of nitrogen functional groups attached to an aromatic ring is 1. The molecule has 1 aliphatic rings. The summed E-state index contributed by atoms with van der Waals surface area (Å²) in [5.41, 5.74) is 8.17. The van der Waals surface area contributed by atoms with Crippen LogP contribution in [0.2, 0.25) is 0 Å². The molecule has 1 atom stereocenters. The molecule has 2 rings (SSSR count). The average Bonchev–Trinajstić information content (AvgIpc) is 2.81. The number of hydrogen-bond donors (Lipinski definition) is 1. The van der Waals surface area contributed by atoms with E-state index in [0.717, 1.165) is 23.7 Å². The predicted molar refractivity (Wildman–Crippen MR) is 77.2 cm³/mol. The fourth-order valence-electron chi connectivity index (χ4n) is 2.85. The minimum atomic E-state index is 0.601. The molecule has 18 heavy (non-hydrogen) atoms. The predicted octanol–water partition coefficient (Wildman–Crippen LogP) is 3.29. The molecule has 0 radical (unpaired) electrons. The van der Waals surface area contributed by atoms with Crippen LogP contribution >= 0.6 is 0 Å². The molecule has 1 aromatic rings. The van der Waals surface area contributed by atoms with Crippen LogP contribution in [0.5, 0.6) is 5.75 Å². The molecule has 1 heterocycles. The molecule has 3 nitrogen and oxygen atoms in total. The van der Waals surface area contributed by atoms with Crippen LogP contribution in [-0.4, -0.2) is 19.2 Å². The Morgan fingerprint density at radius 3 is 2.89 bits per heavy atom. The lowest BCUT2D eigenvalue weighted by Gasteiger charge is -2.31. The van der Waals surface area contributed by atoms with Gasteiger partial charge >= 0.3 is 0 Å². The Labute approximate surface area is 110 Å². The molecule has 1 unspecified atom stereocenters. The summed E-state index contributed by atoms with van der Waals surface area (Å²) >= 11 is 0. The van der Waals surface area contributed by atoms with Crippen molar-refractivity contribution in [2.45, 2.75) is 39.7 Å². The molecule has 0 bridgehead atoms. The number of nitrogens with two attached hydrogens (primary N) is 1. The molecule has 0 spiro atoms. The Morgan fingerprint density at radius 2 is 2.22 bits per heavy atom. The van der Waals surface area contributed by atoms with Crippen LogP contribution in [0, 0.1) is 5.92 Å². The number of hydrogen-bond acceptors (Lipinski definition) is 3. The SMILES string of the molecule is CCOc1cccc(N2CCCC2C(C)C)c1N. The lowest BCUT2D eigenvalue weighted by atomic mass is 10.0. The number of benzene rings is 1. The number of ether oxygens (including phenoxy) is 1. The molecular formula is C15H24N2O. The summed E-state index contributed by atoms with van der Waals surface area (Å²) in [6.07, 6.45) is 2.51. The maximum absolute atomic E-state index is 6.24. The van der Waals surface area contributed by atoms with E-state index < -0.39 is 0 Å². The summed E-state index contributed by atoms with van der Waals surface area (Å²) in [6.45, 7) is 8.31. The molecule has 0 aliphatic carbocycles. The maximum atomic E-state index is 6.24. The summed E-state index contributed by atoms with van der Waals surface area (Å²) in [5.74, 6) is 1.46. The Hall–Kier alpha value is -1.38. The summed E-state index contributed by atoms with van der Waals surface area (Å²) in [7, 11) is 0. The van der Waals surface area contributed by atoms with Gasteiger partial charge in [-0.05, 0) is 37.8 Å². The van der Waals surface area contributed by atoms with E-state index in [2.05, 4.69) is 24.8 Å². The molecule has 2 N–H and O–H groups in total. The molecule has 1 fully saturated rings. The molecule has 3 heteroatoms. The zero-order valence-corrected chi connectivity index (χ0v) is 11.6. The number of para-hydroxylation sites is 1. The second kappa shape index (κ2) is 5.51. The first-order chi connectivity index (χ1) is 8.65. The van der Waals surface area contributed by atoms with E-state index >= 15 is 0 Å². The normalized spacial score (nSPS) is 19.6. The molecule has 0 saturated carbocycles. The highest BCUT2D eigenvalue weighted by Crippen LogP contribution is 2.37. The van der Waals surface area contributed by atoms with Gasteiger partial charge in [0, 0.05) is 12.6 Å². The number of anilines is 2. The highest BCUT2D eigenvalue weighted by atomic mass is 16.5. The zero-order chi connectivity index (χ0) is 13.1. The third kappa shape index (κ3) is 2.40. The molecule has 1 aromatic carbocycles. The van der Waals surface area contributed by atoms with Crippen LogP contribution in [0.4, 0.5) is 11.4 Å². The van der Waals surface area contributed by atoms with E-state index in [1.807, 2.05) is 19.1 Å². The van der Waals surface area contributed by atoms with Crippen molar-refractivity contribution in [1.82, 2.24) is 0 Å². The van der Waals surface area contributed by atoms with Crippen LogP contribution in [0.1, 0.15) is 33.6 Å². The van der Waals surface area contributed by atoms with Crippen LogP contribution in [0.15, 0.2) is 18.2 Å². The third-order valence-electron chi connectivity index (χ3n) is 3.72. The van der Waals surface area contributed by atoms with Gasteiger partial charge < -0.3 is 15.4 Å². The minimum absolute atomic E-state index is 0.601. The summed E-state index contributed by atoms with van der Waals surface area (Å²) < 4.78 is 5.58. The van der Waals surface area contributed by atoms with Gasteiger partial charge in [-0.25, -0.2) is 0 Å². The number of nitrogens with zero attached hydrogens (tertiary/aromatic N) is 1. The smallest absolute Gasteiger partial charge is 0.144 e.